The number of hydrogen-bond donors (Lipinski definition) is 0. The second kappa shape index (κ2) is 13.2. The summed E-state index contributed by atoms with van der Waals surface area (Å²) in [6, 6.07) is 0. The molecule has 0 unspecified atom stereocenters. The highest BCUT2D eigenvalue weighted by molar-refractivity contribution is 6.16. The summed E-state index contributed by atoms with van der Waals surface area (Å²) in [6.07, 6.45) is 9.49. The van der Waals surface area contributed by atoms with Crippen molar-refractivity contribution in [3.05, 3.63) is 22.5 Å². The number of aliphatic imine (C=N–C) groups is 4. The van der Waals surface area contributed by atoms with Crippen molar-refractivity contribution in [2.24, 2.45) is 20.0 Å². The van der Waals surface area contributed by atoms with Crippen molar-refractivity contribution in [3.8, 4) is 0 Å². The Morgan fingerprint density at radius 2 is 1.00 bits per heavy atom. The smallest absolute Gasteiger partial charge is 0.0422 e. The Bertz CT molecular complexity index is 707. The van der Waals surface area contributed by atoms with E-state index >= 15 is 0 Å². The van der Waals surface area contributed by atoms with Crippen molar-refractivity contribution in [1.29, 1.82) is 0 Å². The molecule has 0 spiro atoms. The molecule has 0 aromatic heterocycles. The van der Waals surface area contributed by atoms with Gasteiger partial charge in [-0.05, 0) is 59.8 Å². The van der Waals surface area contributed by atoms with Gasteiger partial charge in [0.2, 0.25) is 0 Å². The highest BCUT2D eigenvalue weighted by atomic mass is 15.1. The Morgan fingerprint density at radius 1 is 0.581 bits per heavy atom. The lowest BCUT2D eigenvalue weighted by atomic mass is 10.1. The predicted molar refractivity (Wildman–Crippen MR) is 136 cm³/mol. The minimum absolute atomic E-state index is 0.774. The van der Waals surface area contributed by atoms with Crippen LogP contribution in [0.4, 0.5) is 0 Å². The topological polar surface area (TPSA) is 55.9 Å². The van der Waals surface area contributed by atoms with Crippen LogP contribution in [0.5, 0.6) is 0 Å². The predicted octanol–water partition coefficient (Wildman–Crippen LogP) is 4.44. The first-order valence-electron chi connectivity index (χ1n) is 11.8. The molecule has 6 nitrogen and oxygen atoms in total. The maximum Gasteiger partial charge on any atom is 0.0422 e. The molecule has 0 radical (unpaired) electrons. The summed E-state index contributed by atoms with van der Waals surface area (Å²) in [5.74, 6) is 0. The Labute approximate surface area is 189 Å². The zero-order chi connectivity index (χ0) is 22.6. The fourth-order valence-electron chi connectivity index (χ4n) is 3.82. The molecule has 6 heteroatoms. The fraction of sp³-hybridized carbons (Fsp3) is 0.680. The van der Waals surface area contributed by atoms with Crippen molar-refractivity contribution >= 4 is 23.9 Å². The van der Waals surface area contributed by atoms with E-state index in [0.29, 0.717) is 0 Å². The van der Waals surface area contributed by atoms with Crippen LogP contribution in [0.2, 0.25) is 0 Å². The molecule has 0 saturated heterocycles. The molecule has 0 aromatic rings. The van der Waals surface area contributed by atoms with Gasteiger partial charge < -0.3 is 9.80 Å². The van der Waals surface area contributed by atoms with Crippen molar-refractivity contribution in [2.45, 2.75) is 59.8 Å². The van der Waals surface area contributed by atoms with Gasteiger partial charge in [0.25, 0.3) is 0 Å². The van der Waals surface area contributed by atoms with Crippen LogP contribution in [0, 0.1) is 0 Å². The molecule has 0 amide bonds. The van der Waals surface area contributed by atoms with Gasteiger partial charge in [0.15, 0.2) is 0 Å². The molecule has 0 aromatic carbocycles. The zero-order valence-corrected chi connectivity index (χ0v) is 20.6. The van der Waals surface area contributed by atoms with Gasteiger partial charge in [-0.15, -0.1) is 0 Å². The molecule has 0 N–H and O–H groups in total. The average molecular weight is 427 g/mol. The molecule has 3 aliphatic rings. The summed E-state index contributed by atoms with van der Waals surface area (Å²) in [7, 11) is 4.37. The van der Waals surface area contributed by atoms with E-state index < -0.39 is 0 Å². The Hall–Kier alpha value is -2.24. The molecule has 172 valence electrons. The standard InChI is InChI=1S/C25H42N6/c1-20-24-18-26-12-10-13-27-19-25(21(2)29-15-11-14-28-20)23(4)31(6)17-9-7-8-16-30(5)22(24)3/h18-19H,7-17H2,1-6H3/b24-22-,25-23?,26-18?,27-19?,28-20?,29-21?. The molecule has 0 saturated carbocycles. The monoisotopic (exact) mass is 426 g/mol. The zero-order valence-electron chi connectivity index (χ0n) is 20.6. The van der Waals surface area contributed by atoms with Gasteiger partial charge in [0.05, 0.1) is 0 Å². The van der Waals surface area contributed by atoms with Crippen LogP contribution in [0.25, 0.3) is 0 Å². The fourth-order valence-corrected chi connectivity index (χ4v) is 3.82. The minimum atomic E-state index is 0.774. The lowest BCUT2D eigenvalue weighted by Gasteiger charge is -2.24. The van der Waals surface area contributed by atoms with Crippen LogP contribution in [0.3, 0.4) is 0 Å². The summed E-state index contributed by atoms with van der Waals surface area (Å²) >= 11 is 0. The number of fused-ring (bicyclic) bond motifs is 16. The molecular weight excluding hydrogens is 384 g/mol. The van der Waals surface area contributed by atoms with E-state index in [9.17, 15) is 0 Å². The highest BCUT2D eigenvalue weighted by Crippen LogP contribution is 2.14. The third-order valence-corrected chi connectivity index (χ3v) is 6.22. The van der Waals surface area contributed by atoms with E-state index in [4.69, 9.17) is 20.0 Å². The van der Waals surface area contributed by atoms with Crippen LogP contribution in [-0.4, -0.2) is 87.0 Å². The van der Waals surface area contributed by atoms with Gasteiger partial charge in [-0.25, -0.2) is 0 Å². The van der Waals surface area contributed by atoms with E-state index in [-0.39, 0.29) is 0 Å². The van der Waals surface area contributed by atoms with E-state index in [1.54, 1.807) is 0 Å². The van der Waals surface area contributed by atoms with E-state index in [2.05, 4.69) is 51.6 Å². The first kappa shape index (κ1) is 25.0. The number of nitrogens with zero attached hydrogens (tertiary/aromatic N) is 6. The third-order valence-electron chi connectivity index (χ3n) is 6.22. The van der Waals surface area contributed by atoms with Crippen molar-refractivity contribution in [2.75, 3.05) is 53.4 Å². The van der Waals surface area contributed by atoms with Crippen LogP contribution in [0.1, 0.15) is 59.8 Å². The summed E-state index contributed by atoms with van der Waals surface area (Å²) in [4.78, 5) is 23.9. The second-order valence-corrected chi connectivity index (χ2v) is 8.61. The Balaban J connectivity index is 2.47. The van der Waals surface area contributed by atoms with Crippen LogP contribution in [-0.2, 0) is 0 Å². The van der Waals surface area contributed by atoms with Crippen LogP contribution < -0.4 is 0 Å². The minimum Gasteiger partial charge on any atom is -0.378 e. The molecule has 31 heavy (non-hydrogen) atoms. The normalized spacial score (nSPS) is 23.8. The van der Waals surface area contributed by atoms with E-state index in [0.717, 1.165) is 74.7 Å². The highest BCUT2D eigenvalue weighted by Gasteiger charge is 2.11. The third kappa shape index (κ3) is 8.08. The number of hydrogen-bond acceptors (Lipinski definition) is 6. The Morgan fingerprint density at radius 3 is 1.45 bits per heavy atom. The molecule has 0 atom stereocenters. The lowest BCUT2D eigenvalue weighted by molar-refractivity contribution is 0.371. The van der Waals surface area contributed by atoms with Gasteiger partial charge in [0.1, 0.15) is 0 Å². The van der Waals surface area contributed by atoms with Gasteiger partial charge in [0, 0.05) is 99.8 Å². The first-order chi connectivity index (χ1) is 14.9. The quantitative estimate of drug-likeness (QED) is 0.575. The molecule has 0 fully saturated rings. The molecule has 3 aliphatic heterocycles. The van der Waals surface area contributed by atoms with Crippen LogP contribution in [0.15, 0.2) is 42.5 Å². The first-order valence-corrected chi connectivity index (χ1v) is 11.8. The largest absolute Gasteiger partial charge is 0.378 e. The van der Waals surface area contributed by atoms with Crippen molar-refractivity contribution in [3.63, 3.8) is 0 Å². The van der Waals surface area contributed by atoms with Gasteiger partial charge >= 0.3 is 0 Å². The molecule has 3 rings (SSSR count). The van der Waals surface area contributed by atoms with Crippen molar-refractivity contribution in [1.82, 2.24) is 9.80 Å². The molecule has 3 heterocycles. The van der Waals surface area contributed by atoms with E-state index in [1.807, 2.05) is 12.4 Å². The lowest BCUT2D eigenvalue weighted by Crippen LogP contribution is -2.23. The summed E-state index contributed by atoms with van der Waals surface area (Å²) in [6.45, 7) is 13.8. The molecular formula is C25H42N6. The SMILES string of the molecule is CC1=NCCCN=C(C)/C2=C(/C)N(C)CCCCCN(C)C(C)=C1C=NCCCN=C2. The number of allylic oxidation sites excluding steroid dienone is 4. The maximum absolute atomic E-state index is 4.86. The Kier molecular flexibility index (Phi) is 10.7. The van der Waals surface area contributed by atoms with E-state index in [1.165, 1.54) is 30.7 Å². The number of rotatable bonds is 0. The molecule has 0 aliphatic carbocycles. The second-order valence-electron chi connectivity index (χ2n) is 8.61. The average Bonchev–Trinajstić information content (AvgIpc) is 2.75. The summed E-state index contributed by atoms with van der Waals surface area (Å²) < 4.78 is 0. The van der Waals surface area contributed by atoms with Crippen LogP contribution >= 0.6 is 0 Å². The maximum atomic E-state index is 4.86. The van der Waals surface area contributed by atoms with Gasteiger partial charge in [-0.3, -0.25) is 20.0 Å². The van der Waals surface area contributed by atoms with Gasteiger partial charge in [-0.1, -0.05) is 0 Å². The summed E-state index contributed by atoms with van der Waals surface area (Å²) in [5, 5.41) is 0. The van der Waals surface area contributed by atoms with Gasteiger partial charge in [-0.2, -0.15) is 0 Å². The molecule has 2 bridgehead atoms. The summed E-state index contributed by atoms with van der Waals surface area (Å²) in [5.41, 5.74) is 6.94. The van der Waals surface area contributed by atoms with Crippen molar-refractivity contribution < 1.29 is 0 Å².